The topological polar surface area (TPSA) is 78.9 Å². The van der Waals surface area contributed by atoms with Crippen LogP contribution in [0.2, 0.25) is 0 Å². The molecule has 0 spiro atoms. The molecule has 1 unspecified atom stereocenters. The van der Waals surface area contributed by atoms with Crippen molar-refractivity contribution in [1.29, 1.82) is 0 Å². The average Bonchev–Trinajstić information content (AvgIpc) is 3.48. The molecule has 0 amide bonds. The fraction of sp³-hybridized carbons (Fsp3) is 0.803. The summed E-state index contributed by atoms with van der Waals surface area (Å²) >= 11 is 0. The van der Waals surface area contributed by atoms with Crippen molar-refractivity contribution in [3.63, 3.8) is 0 Å². The van der Waals surface area contributed by atoms with Crippen molar-refractivity contribution in [2.75, 3.05) is 13.2 Å². The lowest BCUT2D eigenvalue weighted by Crippen LogP contribution is -2.30. The van der Waals surface area contributed by atoms with Gasteiger partial charge in [-0.05, 0) is 89.9 Å². The van der Waals surface area contributed by atoms with Crippen molar-refractivity contribution in [3.8, 4) is 0 Å². The van der Waals surface area contributed by atoms with Crippen molar-refractivity contribution in [3.05, 3.63) is 72.9 Å². The van der Waals surface area contributed by atoms with Crippen LogP contribution < -0.4 is 0 Å². The van der Waals surface area contributed by atoms with Crippen LogP contribution in [0.4, 0.5) is 0 Å². The van der Waals surface area contributed by atoms with Crippen LogP contribution in [0.25, 0.3) is 0 Å². The lowest BCUT2D eigenvalue weighted by atomic mass is 10.0. The summed E-state index contributed by atoms with van der Waals surface area (Å²) in [6.07, 6.45) is 92.1. The number of unbranched alkanes of at least 4 members (excludes halogenated alkanes) is 43. The van der Waals surface area contributed by atoms with E-state index in [9.17, 15) is 14.4 Å². The Morgan fingerprint density at radius 2 is 0.476 bits per heavy atom. The Bertz CT molecular complexity index is 1500. The second-order valence-corrected chi connectivity index (χ2v) is 24.1. The second-order valence-electron chi connectivity index (χ2n) is 24.1. The van der Waals surface area contributed by atoms with Crippen LogP contribution in [0, 0.1) is 0 Å². The van der Waals surface area contributed by atoms with Gasteiger partial charge in [0.15, 0.2) is 6.10 Å². The molecule has 0 aromatic rings. The van der Waals surface area contributed by atoms with Gasteiger partial charge in [-0.25, -0.2) is 0 Å². The Hall–Kier alpha value is -3.15. The first-order valence-electron chi connectivity index (χ1n) is 35.9. The molecule has 0 rings (SSSR count). The third-order valence-electron chi connectivity index (χ3n) is 15.9. The maximum atomic E-state index is 13.0. The fourth-order valence-electron chi connectivity index (χ4n) is 10.6. The molecule has 6 nitrogen and oxygen atoms in total. The van der Waals surface area contributed by atoms with E-state index in [4.69, 9.17) is 14.2 Å². The maximum Gasteiger partial charge on any atom is 0.306 e. The molecule has 1 atom stereocenters. The summed E-state index contributed by atoms with van der Waals surface area (Å²) in [5.41, 5.74) is 0. The molecule has 0 saturated carbocycles. The first-order chi connectivity index (χ1) is 40.5. The highest BCUT2D eigenvalue weighted by atomic mass is 16.6. The molecule has 6 heteroatoms. The van der Waals surface area contributed by atoms with Gasteiger partial charge in [0, 0.05) is 19.3 Å². The lowest BCUT2D eigenvalue weighted by Gasteiger charge is -2.18. The van der Waals surface area contributed by atoms with E-state index in [1.165, 1.54) is 244 Å². The number of rotatable bonds is 66. The first kappa shape index (κ1) is 78.8. The van der Waals surface area contributed by atoms with E-state index in [1.807, 2.05) is 0 Å². The Labute approximate surface area is 510 Å². The predicted octanol–water partition coefficient (Wildman–Crippen LogP) is 24.8. The van der Waals surface area contributed by atoms with Gasteiger partial charge in [0.25, 0.3) is 0 Å². The molecule has 0 heterocycles. The highest BCUT2D eigenvalue weighted by molar-refractivity contribution is 5.71. The van der Waals surface area contributed by atoms with Crippen LogP contribution in [0.1, 0.15) is 374 Å². The Morgan fingerprint density at radius 1 is 0.256 bits per heavy atom. The first-order valence-corrected chi connectivity index (χ1v) is 35.9. The van der Waals surface area contributed by atoms with E-state index >= 15 is 0 Å². The van der Waals surface area contributed by atoms with Gasteiger partial charge < -0.3 is 14.2 Å². The molecule has 0 aliphatic rings. The summed E-state index contributed by atoms with van der Waals surface area (Å²) in [5.74, 6) is -0.852. The summed E-state index contributed by atoms with van der Waals surface area (Å²) in [5, 5.41) is 0. The number of hydrogen-bond acceptors (Lipinski definition) is 6. The van der Waals surface area contributed by atoms with E-state index in [-0.39, 0.29) is 31.1 Å². The molecule has 0 radical (unpaired) electrons. The van der Waals surface area contributed by atoms with Crippen molar-refractivity contribution in [1.82, 2.24) is 0 Å². The molecular weight excluding hydrogens is 1010 g/mol. The Morgan fingerprint density at radius 3 is 0.756 bits per heavy atom. The average molecular weight is 1150 g/mol. The number of hydrogen-bond donors (Lipinski definition) is 0. The maximum absolute atomic E-state index is 13.0. The van der Waals surface area contributed by atoms with Crippen LogP contribution in [-0.2, 0) is 28.6 Å². The number of ether oxygens (including phenoxy) is 3. The zero-order chi connectivity index (χ0) is 59.2. The van der Waals surface area contributed by atoms with Crippen molar-refractivity contribution < 1.29 is 28.6 Å². The van der Waals surface area contributed by atoms with Gasteiger partial charge in [-0.15, -0.1) is 0 Å². The Kier molecular flexibility index (Phi) is 67.6. The standard InChI is InChI=1S/C76H136O6/c1-4-7-10-13-16-19-22-25-28-30-32-34-36-37-38-39-41-42-44-46-48-51-54-57-60-63-66-69-75(78)81-72-73(71-80-74(77)68-65-62-59-56-53-50-27-24-21-18-15-12-9-6-3)82-76(79)70-67-64-61-58-55-52-49-47-45-43-40-35-33-31-29-26-23-20-17-14-11-8-5-2/h7,10,16,19,25,28,31-34,37-38,73H,4-6,8-9,11-15,17-18,20-24,26-27,29-30,35-36,39-72H2,1-3H3/b10-7-,19-16-,28-25-,33-31-,34-32-,38-37-. The van der Waals surface area contributed by atoms with Gasteiger partial charge in [0.1, 0.15) is 13.2 Å². The van der Waals surface area contributed by atoms with Crippen LogP contribution in [0.15, 0.2) is 72.9 Å². The van der Waals surface area contributed by atoms with Crippen molar-refractivity contribution >= 4 is 17.9 Å². The summed E-state index contributed by atoms with van der Waals surface area (Å²) in [7, 11) is 0. The van der Waals surface area contributed by atoms with E-state index in [0.717, 1.165) is 89.9 Å². The van der Waals surface area contributed by atoms with E-state index in [1.54, 1.807) is 0 Å². The van der Waals surface area contributed by atoms with E-state index < -0.39 is 6.10 Å². The monoisotopic (exact) mass is 1150 g/mol. The van der Waals surface area contributed by atoms with Crippen LogP contribution in [0.3, 0.4) is 0 Å². The second kappa shape index (κ2) is 70.3. The SMILES string of the molecule is CC/C=C\C/C=C\C/C=C\C/C=C\C/C=C\CCCCCCCCCCCCCC(=O)OCC(COC(=O)CCCCCCCCCCCCCCCC)OC(=O)CCCCCCCCCCCCC/C=C\CCCCCCCCCC. The minimum Gasteiger partial charge on any atom is -0.462 e. The molecule has 0 aromatic heterocycles. The van der Waals surface area contributed by atoms with Gasteiger partial charge in [0.2, 0.25) is 0 Å². The molecule has 0 aliphatic carbocycles. The van der Waals surface area contributed by atoms with Crippen LogP contribution in [0.5, 0.6) is 0 Å². The van der Waals surface area contributed by atoms with Gasteiger partial charge >= 0.3 is 17.9 Å². The summed E-state index contributed by atoms with van der Waals surface area (Å²) in [4.78, 5) is 38.5. The summed E-state index contributed by atoms with van der Waals surface area (Å²) < 4.78 is 17.0. The summed E-state index contributed by atoms with van der Waals surface area (Å²) in [6, 6.07) is 0. The fourth-order valence-corrected chi connectivity index (χ4v) is 10.6. The van der Waals surface area contributed by atoms with Crippen LogP contribution >= 0.6 is 0 Å². The number of carbonyl (C=O) groups is 3. The third-order valence-corrected chi connectivity index (χ3v) is 15.9. The molecule has 0 saturated heterocycles. The van der Waals surface area contributed by atoms with Crippen LogP contribution in [-0.4, -0.2) is 37.2 Å². The normalized spacial score (nSPS) is 12.5. The highest BCUT2D eigenvalue weighted by Gasteiger charge is 2.19. The minimum atomic E-state index is -0.776. The quantitative estimate of drug-likeness (QED) is 0.0261. The predicted molar refractivity (Wildman–Crippen MR) is 358 cm³/mol. The lowest BCUT2D eigenvalue weighted by molar-refractivity contribution is -0.167. The minimum absolute atomic E-state index is 0.0714. The zero-order valence-electron chi connectivity index (χ0n) is 54.8. The largest absolute Gasteiger partial charge is 0.462 e. The van der Waals surface area contributed by atoms with E-state index in [2.05, 4.69) is 93.7 Å². The van der Waals surface area contributed by atoms with Gasteiger partial charge in [-0.2, -0.15) is 0 Å². The smallest absolute Gasteiger partial charge is 0.306 e. The molecule has 476 valence electrons. The van der Waals surface area contributed by atoms with Crippen molar-refractivity contribution in [2.24, 2.45) is 0 Å². The molecular formula is C76H136O6. The molecule has 82 heavy (non-hydrogen) atoms. The van der Waals surface area contributed by atoms with Gasteiger partial charge in [0.05, 0.1) is 0 Å². The van der Waals surface area contributed by atoms with Crippen molar-refractivity contribution in [2.45, 2.75) is 380 Å². The number of esters is 3. The summed E-state index contributed by atoms with van der Waals surface area (Å²) in [6.45, 7) is 6.58. The third kappa shape index (κ3) is 67.6. The molecule has 0 N–H and O–H groups in total. The molecule has 0 fully saturated rings. The molecule has 0 bridgehead atoms. The molecule has 0 aromatic carbocycles. The highest BCUT2D eigenvalue weighted by Crippen LogP contribution is 2.18. The van der Waals surface area contributed by atoms with Gasteiger partial charge in [-0.1, -0.05) is 338 Å². The molecule has 0 aliphatic heterocycles. The zero-order valence-corrected chi connectivity index (χ0v) is 54.8. The van der Waals surface area contributed by atoms with Gasteiger partial charge in [-0.3, -0.25) is 14.4 Å². The Balaban J connectivity index is 4.28. The van der Waals surface area contributed by atoms with E-state index in [0.29, 0.717) is 19.3 Å². The number of allylic oxidation sites excluding steroid dienone is 12. The number of carbonyl (C=O) groups excluding carboxylic acids is 3.